The SMILES string of the molecule is O=S(=O)(C1CC1)N1CCC2(CC1)NCCn1c(-c3ccccc3)cnc12. The van der Waals surface area contributed by atoms with Gasteiger partial charge in [0.15, 0.2) is 0 Å². The van der Waals surface area contributed by atoms with Crippen molar-refractivity contribution < 1.29 is 8.42 Å². The first-order valence-electron chi connectivity index (χ1n) is 9.46. The summed E-state index contributed by atoms with van der Waals surface area (Å²) in [5.41, 5.74) is 2.12. The fraction of sp³-hybridized carbons (Fsp3) is 0.526. The number of aromatic nitrogens is 2. The van der Waals surface area contributed by atoms with Gasteiger partial charge in [-0.15, -0.1) is 0 Å². The molecule has 0 atom stereocenters. The molecular weight excluding hydrogens is 348 g/mol. The zero-order chi connectivity index (χ0) is 17.8. The molecule has 3 aliphatic rings. The molecule has 6 nitrogen and oxygen atoms in total. The van der Waals surface area contributed by atoms with Gasteiger partial charge in [0.05, 0.1) is 22.7 Å². The Morgan fingerprint density at radius 3 is 2.50 bits per heavy atom. The standard InChI is InChI=1S/C19H24N4O2S/c24-26(25,16-6-7-16)22-11-8-19(9-12-22)18-20-14-17(23(18)13-10-21-19)15-4-2-1-3-5-15/h1-5,14,16,21H,6-13H2. The van der Waals surface area contributed by atoms with Crippen LogP contribution in [0.2, 0.25) is 0 Å². The molecule has 138 valence electrons. The van der Waals surface area contributed by atoms with Crippen LogP contribution in [0.1, 0.15) is 31.5 Å². The number of nitrogens with zero attached hydrogens (tertiary/aromatic N) is 3. The van der Waals surface area contributed by atoms with Crippen molar-refractivity contribution >= 4 is 10.0 Å². The predicted molar refractivity (Wildman–Crippen MR) is 100 cm³/mol. The van der Waals surface area contributed by atoms with Gasteiger partial charge in [0.1, 0.15) is 5.82 Å². The number of nitrogens with one attached hydrogen (secondary N) is 1. The molecule has 1 aromatic carbocycles. The second kappa shape index (κ2) is 5.90. The summed E-state index contributed by atoms with van der Waals surface area (Å²) >= 11 is 0. The van der Waals surface area contributed by atoms with Crippen LogP contribution in [0.5, 0.6) is 0 Å². The maximum absolute atomic E-state index is 12.5. The number of fused-ring (bicyclic) bond motifs is 2. The lowest BCUT2D eigenvalue weighted by Crippen LogP contribution is -2.56. The van der Waals surface area contributed by atoms with E-state index in [9.17, 15) is 8.42 Å². The fourth-order valence-electron chi connectivity index (χ4n) is 4.41. The van der Waals surface area contributed by atoms with Crippen LogP contribution in [0, 0.1) is 0 Å². The zero-order valence-electron chi connectivity index (χ0n) is 14.8. The average Bonchev–Trinajstić information content (AvgIpc) is 3.44. The normalized spacial score (nSPS) is 23.1. The molecule has 0 bridgehead atoms. The van der Waals surface area contributed by atoms with Crippen LogP contribution in [0.3, 0.4) is 0 Å². The third-order valence-electron chi connectivity index (χ3n) is 6.03. The van der Waals surface area contributed by atoms with E-state index in [-0.39, 0.29) is 10.8 Å². The summed E-state index contributed by atoms with van der Waals surface area (Å²) in [6.45, 7) is 2.95. The Balaban J connectivity index is 1.44. The monoisotopic (exact) mass is 372 g/mol. The maximum Gasteiger partial charge on any atom is 0.216 e. The number of hydrogen-bond donors (Lipinski definition) is 1. The van der Waals surface area contributed by atoms with Gasteiger partial charge in [0, 0.05) is 26.2 Å². The van der Waals surface area contributed by atoms with Crippen LogP contribution < -0.4 is 5.32 Å². The summed E-state index contributed by atoms with van der Waals surface area (Å²) < 4.78 is 29.1. The highest BCUT2D eigenvalue weighted by Gasteiger charge is 2.47. The number of imidazole rings is 1. The molecule has 2 aliphatic heterocycles. The minimum absolute atomic E-state index is 0.123. The highest BCUT2D eigenvalue weighted by Crippen LogP contribution is 2.39. The molecule has 2 fully saturated rings. The Hall–Kier alpha value is -1.70. The number of piperidine rings is 1. The van der Waals surface area contributed by atoms with E-state index in [1.807, 2.05) is 24.4 Å². The highest BCUT2D eigenvalue weighted by molar-refractivity contribution is 7.90. The van der Waals surface area contributed by atoms with Crippen LogP contribution in [-0.2, 0) is 22.1 Å². The van der Waals surface area contributed by atoms with E-state index in [0.29, 0.717) is 13.1 Å². The van der Waals surface area contributed by atoms with E-state index in [2.05, 4.69) is 22.0 Å². The van der Waals surface area contributed by atoms with E-state index < -0.39 is 10.0 Å². The molecule has 1 spiro atoms. The van der Waals surface area contributed by atoms with E-state index in [1.165, 1.54) is 5.56 Å². The van der Waals surface area contributed by atoms with E-state index in [0.717, 1.165) is 50.3 Å². The fourth-order valence-corrected chi connectivity index (χ4v) is 6.25. The summed E-state index contributed by atoms with van der Waals surface area (Å²) in [6.07, 6.45) is 5.18. The van der Waals surface area contributed by atoms with Gasteiger partial charge in [-0.05, 0) is 31.2 Å². The predicted octanol–water partition coefficient (Wildman–Crippen LogP) is 1.94. The molecule has 1 saturated carbocycles. The van der Waals surface area contributed by atoms with Crippen molar-refractivity contribution in [3.8, 4) is 11.3 Å². The Morgan fingerprint density at radius 2 is 1.81 bits per heavy atom. The Labute approximate surface area is 154 Å². The van der Waals surface area contributed by atoms with Crippen molar-refractivity contribution in [3.05, 3.63) is 42.4 Å². The van der Waals surface area contributed by atoms with Crippen molar-refractivity contribution in [1.82, 2.24) is 19.2 Å². The molecule has 1 aromatic heterocycles. The van der Waals surface area contributed by atoms with Crippen LogP contribution >= 0.6 is 0 Å². The smallest absolute Gasteiger partial charge is 0.216 e. The van der Waals surface area contributed by atoms with Crippen LogP contribution in [0.15, 0.2) is 36.5 Å². The second-order valence-electron chi connectivity index (χ2n) is 7.64. The topological polar surface area (TPSA) is 67.2 Å². The molecule has 7 heteroatoms. The molecule has 0 amide bonds. The van der Waals surface area contributed by atoms with Gasteiger partial charge >= 0.3 is 0 Å². The maximum atomic E-state index is 12.5. The molecule has 2 aromatic rings. The van der Waals surface area contributed by atoms with Crippen LogP contribution in [0.4, 0.5) is 0 Å². The molecule has 3 heterocycles. The van der Waals surface area contributed by atoms with Crippen molar-refractivity contribution in [2.24, 2.45) is 0 Å². The summed E-state index contributed by atoms with van der Waals surface area (Å²) in [5, 5.41) is 3.54. The quantitative estimate of drug-likeness (QED) is 0.894. The van der Waals surface area contributed by atoms with Gasteiger partial charge in [0.2, 0.25) is 10.0 Å². The number of hydrogen-bond acceptors (Lipinski definition) is 4. The lowest BCUT2D eigenvalue weighted by atomic mass is 9.86. The van der Waals surface area contributed by atoms with Gasteiger partial charge in [-0.2, -0.15) is 0 Å². The second-order valence-corrected chi connectivity index (χ2v) is 9.85. The van der Waals surface area contributed by atoms with Crippen LogP contribution in [-0.4, -0.2) is 47.2 Å². The van der Waals surface area contributed by atoms with E-state index >= 15 is 0 Å². The Morgan fingerprint density at radius 1 is 1.08 bits per heavy atom. The van der Waals surface area contributed by atoms with Gasteiger partial charge in [0.25, 0.3) is 0 Å². The lowest BCUT2D eigenvalue weighted by Gasteiger charge is -2.44. The summed E-state index contributed by atoms with van der Waals surface area (Å²) in [4.78, 5) is 4.78. The van der Waals surface area contributed by atoms with Gasteiger partial charge < -0.3 is 9.88 Å². The first-order chi connectivity index (χ1) is 12.6. The molecule has 0 radical (unpaired) electrons. The molecule has 1 aliphatic carbocycles. The molecule has 1 N–H and O–H groups in total. The third kappa shape index (κ3) is 2.52. The molecule has 26 heavy (non-hydrogen) atoms. The van der Waals surface area contributed by atoms with Crippen molar-refractivity contribution in [1.29, 1.82) is 0 Å². The number of rotatable bonds is 3. The minimum Gasteiger partial charge on any atom is -0.325 e. The average molecular weight is 372 g/mol. The minimum atomic E-state index is -3.08. The van der Waals surface area contributed by atoms with Gasteiger partial charge in [-0.3, -0.25) is 0 Å². The van der Waals surface area contributed by atoms with Crippen molar-refractivity contribution in [2.75, 3.05) is 19.6 Å². The molecular formula is C19H24N4O2S. The highest BCUT2D eigenvalue weighted by atomic mass is 32.2. The summed E-state index contributed by atoms with van der Waals surface area (Å²) in [5.74, 6) is 1.06. The van der Waals surface area contributed by atoms with Crippen molar-refractivity contribution in [2.45, 2.75) is 43.0 Å². The van der Waals surface area contributed by atoms with Crippen LogP contribution in [0.25, 0.3) is 11.3 Å². The summed E-state index contributed by atoms with van der Waals surface area (Å²) in [6, 6.07) is 10.4. The number of sulfonamides is 1. The first kappa shape index (κ1) is 16.5. The molecule has 1 saturated heterocycles. The first-order valence-corrected chi connectivity index (χ1v) is 11.0. The van der Waals surface area contributed by atoms with Crippen molar-refractivity contribution in [3.63, 3.8) is 0 Å². The molecule has 5 rings (SSSR count). The number of benzene rings is 1. The van der Waals surface area contributed by atoms with E-state index in [1.54, 1.807) is 4.31 Å². The Kier molecular flexibility index (Phi) is 3.74. The molecule has 0 unspecified atom stereocenters. The van der Waals surface area contributed by atoms with Gasteiger partial charge in [-0.1, -0.05) is 30.3 Å². The zero-order valence-corrected chi connectivity index (χ0v) is 15.6. The van der Waals surface area contributed by atoms with E-state index in [4.69, 9.17) is 4.98 Å². The lowest BCUT2D eigenvalue weighted by molar-refractivity contribution is 0.160. The largest absolute Gasteiger partial charge is 0.325 e. The summed E-state index contributed by atoms with van der Waals surface area (Å²) in [7, 11) is -3.08. The Bertz CT molecular complexity index is 910. The van der Waals surface area contributed by atoms with Gasteiger partial charge in [-0.25, -0.2) is 17.7 Å². The third-order valence-corrected chi connectivity index (χ3v) is 8.43.